The van der Waals surface area contributed by atoms with Gasteiger partial charge in [-0.2, -0.15) is 0 Å². The lowest BCUT2D eigenvalue weighted by molar-refractivity contribution is 0.0728. The van der Waals surface area contributed by atoms with E-state index >= 15 is 0 Å². The molecule has 9 nitrogen and oxygen atoms in total. The molecule has 1 aromatic carbocycles. The first-order valence-electron chi connectivity index (χ1n) is 8.81. The van der Waals surface area contributed by atoms with Gasteiger partial charge >= 0.3 is 0 Å². The zero-order valence-corrected chi connectivity index (χ0v) is 16.0. The highest BCUT2D eigenvalue weighted by Gasteiger charge is 2.24. The molecular formula is C19H17N5O4S. The highest BCUT2D eigenvalue weighted by molar-refractivity contribution is 7.92. The zero-order chi connectivity index (χ0) is 20.4. The smallest absolute Gasteiger partial charge is 0.274 e. The monoisotopic (exact) mass is 411 g/mol. The SMILES string of the molecule is O=C(c1c[nH]c(=O)cn1)N1CCc2cc(S(=O)(=O)Nc3cccnc3)ccc2C1. The lowest BCUT2D eigenvalue weighted by Gasteiger charge is -2.29. The molecule has 3 heterocycles. The molecule has 2 N–H and O–H groups in total. The van der Waals surface area contributed by atoms with Crippen LogP contribution in [0.25, 0.3) is 0 Å². The number of benzene rings is 1. The largest absolute Gasteiger partial charge is 0.333 e. The maximum absolute atomic E-state index is 12.6. The van der Waals surface area contributed by atoms with Crippen molar-refractivity contribution in [1.29, 1.82) is 0 Å². The number of nitrogens with one attached hydrogen (secondary N) is 2. The Labute approximate surface area is 166 Å². The first-order valence-corrected chi connectivity index (χ1v) is 10.3. The maximum Gasteiger partial charge on any atom is 0.274 e. The highest BCUT2D eigenvalue weighted by Crippen LogP contribution is 2.24. The summed E-state index contributed by atoms with van der Waals surface area (Å²) in [5.74, 6) is -0.290. The number of hydrogen-bond acceptors (Lipinski definition) is 6. The van der Waals surface area contributed by atoms with E-state index in [9.17, 15) is 18.0 Å². The molecule has 0 bridgehead atoms. The van der Waals surface area contributed by atoms with Gasteiger partial charge in [-0.1, -0.05) is 6.07 Å². The van der Waals surface area contributed by atoms with Gasteiger partial charge in [0.2, 0.25) is 0 Å². The number of carbonyl (C=O) groups is 1. The van der Waals surface area contributed by atoms with Gasteiger partial charge in [-0.3, -0.25) is 19.3 Å². The Bertz CT molecular complexity index is 1200. The molecule has 0 atom stereocenters. The van der Waals surface area contributed by atoms with Crippen molar-refractivity contribution >= 4 is 21.6 Å². The number of rotatable bonds is 4. The maximum atomic E-state index is 12.6. The molecule has 0 saturated carbocycles. The van der Waals surface area contributed by atoms with Crippen molar-refractivity contribution in [3.63, 3.8) is 0 Å². The average molecular weight is 411 g/mol. The van der Waals surface area contributed by atoms with Gasteiger partial charge in [0.1, 0.15) is 5.69 Å². The van der Waals surface area contributed by atoms with Crippen LogP contribution in [-0.4, -0.2) is 40.7 Å². The van der Waals surface area contributed by atoms with Crippen LogP contribution in [0.4, 0.5) is 5.69 Å². The third-order valence-electron chi connectivity index (χ3n) is 4.59. The number of nitrogens with zero attached hydrogens (tertiary/aromatic N) is 3. The van der Waals surface area contributed by atoms with Crippen molar-refractivity contribution in [3.05, 3.63) is 82.3 Å². The molecule has 4 rings (SSSR count). The number of amides is 1. The predicted octanol–water partition coefficient (Wildman–Crippen LogP) is 1.16. The van der Waals surface area contributed by atoms with Crippen LogP contribution < -0.4 is 10.3 Å². The second kappa shape index (κ2) is 7.47. The Balaban J connectivity index is 1.53. The van der Waals surface area contributed by atoms with Gasteiger partial charge in [-0.15, -0.1) is 0 Å². The van der Waals surface area contributed by atoms with E-state index in [1.54, 1.807) is 35.4 Å². The van der Waals surface area contributed by atoms with Crippen LogP contribution in [0.1, 0.15) is 21.6 Å². The molecule has 0 saturated heterocycles. The fourth-order valence-corrected chi connectivity index (χ4v) is 4.22. The molecule has 148 valence electrons. The van der Waals surface area contributed by atoms with E-state index in [0.29, 0.717) is 25.2 Å². The van der Waals surface area contributed by atoms with Crippen LogP contribution in [0.2, 0.25) is 0 Å². The molecule has 0 spiro atoms. The third kappa shape index (κ3) is 4.02. The molecule has 0 aliphatic carbocycles. The standard InChI is InChI=1S/C19H17N5O4S/c25-18-11-21-17(10-22-18)19(26)24-7-5-13-8-16(4-3-14(13)12-24)29(27,28)23-15-2-1-6-20-9-15/h1-4,6,8-11,23H,5,7,12H2,(H,22,25). The average Bonchev–Trinajstić information content (AvgIpc) is 2.73. The number of hydrogen-bond donors (Lipinski definition) is 2. The van der Waals surface area contributed by atoms with Crippen LogP contribution in [-0.2, 0) is 23.0 Å². The number of anilines is 1. The van der Waals surface area contributed by atoms with E-state index in [-0.39, 0.29) is 22.1 Å². The van der Waals surface area contributed by atoms with Gasteiger partial charge in [0.05, 0.1) is 23.0 Å². The lowest BCUT2D eigenvalue weighted by Crippen LogP contribution is -2.36. The first-order chi connectivity index (χ1) is 13.9. The molecule has 0 fully saturated rings. The molecule has 1 amide bonds. The molecule has 3 aromatic rings. The number of aromatic amines is 1. The van der Waals surface area contributed by atoms with Gasteiger partial charge < -0.3 is 9.88 Å². The van der Waals surface area contributed by atoms with Crippen LogP contribution in [0.3, 0.4) is 0 Å². The first kappa shape index (κ1) is 18.8. The summed E-state index contributed by atoms with van der Waals surface area (Å²) in [5, 5.41) is 0. The predicted molar refractivity (Wildman–Crippen MR) is 105 cm³/mol. The molecule has 0 unspecified atom stereocenters. The van der Waals surface area contributed by atoms with E-state index in [4.69, 9.17) is 0 Å². The Morgan fingerprint density at radius 2 is 2.03 bits per heavy atom. The highest BCUT2D eigenvalue weighted by atomic mass is 32.2. The van der Waals surface area contributed by atoms with Crippen LogP contribution in [0.5, 0.6) is 0 Å². The number of sulfonamides is 1. The lowest BCUT2D eigenvalue weighted by atomic mass is 9.99. The van der Waals surface area contributed by atoms with Gasteiger partial charge in [0.25, 0.3) is 21.5 Å². The van der Waals surface area contributed by atoms with Crippen LogP contribution >= 0.6 is 0 Å². The van der Waals surface area contributed by atoms with Crippen molar-refractivity contribution in [3.8, 4) is 0 Å². The fourth-order valence-electron chi connectivity index (χ4n) is 3.13. The molecule has 10 heteroatoms. The summed E-state index contributed by atoms with van der Waals surface area (Å²) in [6.45, 7) is 0.761. The third-order valence-corrected chi connectivity index (χ3v) is 5.97. The van der Waals surface area contributed by atoms with Crippen molar-refractivity contribution in [2.24, 2.45) is 0 Å². The van der Waals surface area contributed by atoms with Gasteiger partial charge in [0.15, 0.2) is 0 Å². The topological polar surface area (TPSA) is 125 Å². The van der Waals surface area contributed by atoms with E-state index in [0.717, 1.165) is 17.3 Å². The number of carbonyl (C=O) groups excluding carboxylic acids is 1. The van der Waals surface area contributed by atoms with E-state index < -0.39 is 10.0 Å². The van der Waals surface area contributed by atoms with Crippen LogP contribution in [0.15, 0.2) is 64.8 Å². The number of fused-ring (bicyclic) bond motifs is 1. The van der Waals surface area contributed by atoms with Crippen molar-refractivity contribution in [1.82, 2.24) is 19.9 Å². The molecule has 0 radical (unpaired) electrons. The van der Waals surface area contributed by atoms with Crippen molar-refractivity contribution < 1.29 is 13.2 Å². The minimum atomic E-state index is -3.74. The van der Waals surface area contributed by atoms with Crippen molar-refractivity contribution in [2.75, 3.05) is 11.3 Å². The molecule has 29 heavy (non-hydrogen) atoms. The summed E-state index contributed by atoms with van der Waals surface area (Å²) in [6.07, 6.45) is 5.87. The summed E-state index contributed by atoms with van der Waals surface area (Å²) in [6, 6.07) is 8.13. The zero-order valence-electron chi connectivity index (χ0n) is 15.2. The summed E-state index contributed by atoms with van der Waals surface area (Å²) in [4.78, 5) is 35.7. The van der Waals surface area contributed by atoms with Gasteiger partial charge in [-0.25, -0.2) is 13.4 Å². The Hall–Kier alpha value is -3.53. The van der Waals surface area contributed by atoms with Crippen LogP contribution in [0, 0.1) is 0 Å². The number of H-pyrrole nitrogens is 1. The Morgan fingerprint density at radius 3 is 2.76 bits per heavy atom. The molecular weight excluding hydrogens is 394 g/mol. The van der Waals surface area contributed by atoms with Crippen molar-refractivity contribution in [2.45, 2.75) is 17.9 Å². The van der Waals surface area contributed by atoms with E-state index in [1.165, 1.54) is 18.5 Å². The minimum absolute atomic E-state index is 0.155. The quantitative estimate of drug-likeness (QED) is 0.664. The minimum Gasteiger partial charge on any atom is -0.333 e. The fraction of sp³-hybridized carbons (Fsp3) is 0.158. The normalized spacial score (nSPS) is 13.6. The Morgan fingerprint density at radius 1 is 1.17 bits per heavy atom. The molecule has 1 aliphatic rings. The number of aromatic nitrogens is 3. The second-order valence-electron chi connectivity index (χ2n) is 6.55. The summed E-state index contributed by atoms with van der Waals surface area (Å²) < 4.78 is 27.8. The molecule has 2 aromatic heterocycles. The van der Waals surface area contributed by atoms with Gasteiger partial charge in [0, 0.05) is 25.5 Å². The summed E-state index contributed by atoms with van der Waals surface area (Å²) in [5.41, 5.74) is 1.91. The second-order valence-corrected chi connectivity index (χ2v) is 8.23. The van der Waals surface area contributed by atoms with E-state index in [2.05, 4.69) is 19.7 Å². The van der Waals surface area contributed by atoms with E-state index in [1.807, 2.05) is 0 Å². The number of pyridine rings is 1. The van der Waals surface area contributed by atoms with Gasteiger partial charge in [-0.05, 0) is 41.8 Å². The summed E-state index contributed by atoms with van der Waals surface area (Å²) in [7, 11) is -3.74. The molecule has 1 aliphatic heterocycles. The Kier molecular flexibility index (Phi) is 4.85. The summed E-state index contributed by atoms with van der Waals surface area (Å²) >= 11 is 0.